The van der Waals surface area contributed by atoms with Crippen molar-refractivity contribution in [2.45, 2.75) is 44.0 Å². The van der Waals surface area contributed by atoms with Crippen LogP contribution in [0.5, 0.6) is 5.75 Å². The molecule has 1 fully saturated rings. The van der Waals surface area contributed by atoms with Crippen molar-refractivity contribution in [3.63, 3.8) is 0 Å². The SMILES string of the molecule is CCC(=O)NC1C(Oc2ccc([N+](=O)[O-])cc2)OC(CO)C(O)C1O. The van der Waals surface area contributed by atoms with Crippen molar-refractivity contribution in [3.8, 4) is 5.75 Å². The number of aliphatic hydroxyl groups excluding tert-OH is 3. The fourth-order valence-corrected chi connectivity index (χ4v) is 2.40. The van der Waals surface area contributed by atoms with Crippen LogP contribution in [0.4, 0.5) is 5.69 Å². The Morgan fingerprint density at radius 3 is 2.48 bits per heavy atom. The second-order valence-corrected chi connectivity index (χ2v) is 5.52. The topological polar surface area (TPSA) is 151 Å². The van der Waals surface area contributed by atoms with Gasteiger partial charge in [-0.05, 0) is 12.1 Å². The van der Waals surface area contributed by atoms with Gasteiger partial charge in [0.2, 0.25) is 12.2 Å². The molecule has 0 spiro atoms. The van der Waals surface area contributed by atoms with Crippen LogP contribution in [0.1, 0.15) is 13.3 Å². The van der Waals surface area contributed by atoms with Gasteiger partial charge in [0.05, 0.1) is 11.5 Å². The molecule has 10 nitrogen and oxygen atoms in total. The summed E-state index contributed by atoms with van der Waals surface area (Å²) in [6.07, 6.45) is -5.00. The molecule has 0 saturated carbocycles. The van der Waals surface area contributed by atoms with Crippen molar-refractivity contribution in [1.82, 2.24) is 5.32 Å². The largest absolute Gasteiger partial charge is 0.463 e. The highest BCUT2D eigenvalue weighted by Crippen LogP contribution is 2.25. The summed E-state index contributed by atoms with van der Waals surface area (Å²) in [6, 6.07) is 4.05. The minimum Gasteiger partial charge on any atom is -0.463 e. The molecular formula is C15H20N2O8. The third kappa shape index (κ3) is 4.42. The number of amides is 1. The van der Waals surface area contributed by atoms with E-state index < -0.39 is 42.2 Å². The fraction of sp³-hybridized carbons (Fsp3) is 0.533. The Morgan fingerprint density at radius 2 is 1.96 bits per heavy atom. The van der Waals surface area contributed by atoms with Crippen molar-refractivity contribution in [2.75, 3.05) is 6.61 Å². The average Bonchev–Trinajstić information content (AvgIpc) is 2.61. The standard InChI is InChI=1S/C15H20N2O8/c1-2-11(19)16-12-14(21)13(20)10(7-18)25-15(12)24-9-5-3-8(4-6-9)17(22)23/h3-6,10,12-15,18,20-21H,2,7H2,1H3,(H,16,19). The molecule has 1 saturated heterocycles. The van der Waals surface area contributed by atoms with E-state index >= 15 is 0 Å². The molecule has 1 aromatic rings. The Morgan fingerprint density at radius 1 is 1.32 bits per heavy atom. The lowest BCUT2D eigenvalue weighted by Gasteiger charge is -2.42. The van der Waals surface area contributed by atoms with E-state index in [0.29, 0.717) is 0 Å². The molecule has 2 rings (SSSR count). The van der Waals surface area contributed by atoms with E-state index in [9.17, 15) is 30.2 Å². The summed E-state index contributed by atoms with van der Waals surface area (Å²) in [6.45, 7) is 1.05. The van der Waals surface area contributed by atoms with Gasteiger partial charge in [0.25, 0.3) is 5.69 Å². The number of rotatable bonds is 6. The van der Waals surface area contributed by atoms with Gasteiger partial charge < -0.3 is 30.1 Å². The molecule has 0 aromatic heterocycles. The highest BCUT2D eigenvalue weighted by Gasteiger charge is 2.46. The van der Waals surface area contributed by atoms with Crippen LogP contribution in [0.25, 0.3) is 0 Å². The van der Waals surface area contributed by atoms with E-state index in [4.69, 9.17) is 9.47 Å². The number of benzene rings is 1. The van der Waals surface area contributed by atoms with Crippen LogP contribution in [0.15, 0.2) is 24.3 Å². The first-order chi connectivity index (χ1) is 11.9. The van der Waals surface area contributed by atoms with Crippen LogP contribution in [0.3, 0.4) is 0 Å². The highest BCUT2D eigenvalue weighted by molar-refractivity contribution is 5.76. The number of nitro benzene ring substituents is 1. The number of hydrogen-bond acceptors (Lipinski definition) is 8. The fourth-order valence-electron chi connectivity index (χ4n) is 2.40. The van der Waals surface area contributed by atoms with Crippen molar-refractivity contribution in [3.05, 3.63) is 34.4 Å². The molecule has 5 atom stereocenters. The Balaban J connectivity index is 2.19. The number of carbonyl (C=O) groups excluding carboxylic acids is 1. The van der Waals surface area contributed by atoms with Crippen LogP contribution in [-0.4, -0.2) is 63.4 Å². The maximum absolute atomic E-state index is 11.7. The van der Waals surface area contributed by atoms with Gasteiger partial charge in [-0.3, -0.25) is 14.9 Å². The number of nitrogens with zero attached hydrogens (tertiary/aromatic N) is 1. The summed E-state index contributed by atoms with van der Waals surface area (Å²) in [5.41, 5.74) is -0.128. The van der Waals surface area contributed by atoms with Gasteiger partial charge in [0, 0.05) is 18.6 Å². The number of carbonyl (C=O) groups is 1. The Labute approximate surface area is 143 Å². The van der Waals surface area contributed by atoms with Crippen molar-refractivity contribution in [1.29, 1.82) is 0 Å². The second-order valence-electron chi connectivity index (χ2n) is 5.52. The molecule has 25 heavy (non-hydrogen) atoms. The van der Waals surface area contributed by atoms with Gasteiger partial charge in [-0.25, -0.2) is 0 Å². The summed E-state index contributed by atoms with van der Waals surface area (Å²) >= 11 is 0. The van der Waals surface area contributed by atoms with Crippen LogP contribution < -0.4 is 10.1 Å². The van der Waals surface area contributed by atoms with Crippen molar-refractivity contribution < 1.29 is 34.5 Å². The first-order valence-electron chi connectivity index (χ1n) is 7.70. The quantitative estimate of drug-likeness (QED) is 0.386. The molecule has 5 unspecified atom stereocenters. The summed E-state index contributed by atoms with van der Waals surface area (Å²) in [7, 11) is 0. The van der Waals surface area contributed by atoms with Crippen LogP contribution in [0, 0.1) is 10.1 Å². The number of ether oxygens (including phenoxy) is 2. The number of hydrogen-bond donors (Lipinski definition) is 4. The first kappa shape index (κ1) is 19.1. The predicted molar refractivity (Wildman–Crippen MR) is 83.7 cm³/mol. The van der Waals surface area contributed by atoms with E-state index in [1.807, 2.05) is 0 Å². The van der Waals surface area contributed by atoms with Crippen LogP contribution >= 0.6 is 0 Å². The summed E-state index contributed by atoms with van der Waals surface area (Å²) < 4.78 is 11.0. The second kappa shape index (κ2) is 8.21. The van der Waals surface area contributed by atoms with E-state index in [-0.39, 0.29) is 23.8 Å². The van der Waals surface area contributed by atoms with Crippen LogP contribution in [0.2, 0.25) is 0 Å². The van der Waals surface area contributed by atoms with Gasteiger partial charge in [0.15, 0.2) is 0 Å². The minimum atomic E-state index is -1.43. The molecule has 0 bridgehead atoms. The van der Waals surface area contributed by atoms with Crippen molar-refractivity contribution in [2.24, 2.45) is 0 Å². The average molecular weight is 356 g/mol. The number of aliphatic hydroxyl groups is 3. The number of nitro groups is 1. The maximum Gasteiger partial charge on any atom is 0.269 e. The van der Waals surface area contributed by atoms with Gasteiger partial charge in [-0.2, -0.15) is 0 Å². The van der Waals surface area contributed by atoms with Crippen molar-refractivity contribution >= 4 is 11.6 Å². The van der Waals surface area contributed by atoms with Crippen LogP contribution in [-0.2, 0) is 9.53 Å². The summed E-state index contributed by atoms with van der Waals surface area (Å²) in [5.74, 6) is -0.189. The molecule has 0 aliphatic carbocycles. The van der Waals surface area contributed by atoms with E-state index in [1.54, 1.807) is 6.92 Å². The zero-order chi connectivity index (χ0) is 18.6. The lowest BCUT2D eigenvalue weighted by molar-refractivity contribution is -0.384. The predicted octanol–water partition coefficient (Wildman–Crippen LogP) is -0.693. The molecule has 1 aliphatic rings. The zero-order valence-electron chi connectivity index (χ0n) is 13.4. The molecule has 10 heteroatoms. The normalized spacial score (nSPS) is 29.0. The molecule has 1 aliphatic heterocycles. The van der Waals surface area contributed by atoms with E-state index in [0.717, 1.165) is 0 Å². The summed E-state index contributed by atoms with van der Waals surface area (Å²) in [5, 5.41) is 42.6. The lowest BCUT2D eigenvalue weighted by atomic mass is 9.97. The first-order valence-corrected chi connectivity index (χ1v) is 7.70. The lowest BCUT2D eigenvalue weighted by Crippen LogP contribution is -2.65. The molecule has 0 radical (unpaired) electrons. The molecule has 1 amide bonds. The molecule has 1 heterocycles. The van der Waals surface area contributed by atoms with Gasteiger partial charge in [-0.15, -0.1) is 0 Å². The van der Waals surface area contributed by atoms with Gasteiger partial charge in [-0.1, -0.05) is 6.92 Å². The van der Waals surface area contributed by atoms with E-state index in [2.05, 4.69) is 5.32 Å². The molecule has 4 N–H and O–H groups in total. The Kier molecular flexibility index (Phi) is 6.26. The third-order valence-electron chi connectivity index (χ3n) is 3.83. The summed E-state index contributed by atoms with van der Waals surface area (Å²) in [4.78, 5) is 21.8. The molecule has 1 aromatic carbocycles. The molecular weight excluding hydrogens is 336 g/mol. The zero-order valence-corrected chi connectivity index (χ0v) is 13.4. The maximum atomic E-state index is 11.7. The van der Waals surface area contributed by atoms with E-state index in [1.165, 1.54) is 24.3 Å². The number of non-ortho nitro benzene ring substituents is 1. The smallest absolute Gasteiger partial charge is 0.269 e. The Hall–Kier alpha value is -2.27. The molecule has 138 valence electrons. The van der Waals surface area contributed by atoms with Gasteiger partial charge in [0.1, 0.15) is 30.1 Å². The van der Waals surface area contributed by atoms with Gasteiger partial charge >= 0.3 is 0 Å². The Bertz CT molecular complexity index is 608. The monoisotopic (exact) mass is 356 g/mol. The highest BCUT2D eigenvalue weighted by atomic mass is 16.7. The number of nitrogens with one attached hydrogen (secondary N) is 1. The minimum absolute atomic E-state index is 0.128. The third-order valence-corrected chi connectivity index (χ3v) is 3.83.